The van der Waals surface area contributed by atoms with Gasteiger partial charge in [0.2, 0.25) is 0 Å². The van der Waals surface area contributed by atoms with Crippen molar-refractivity contribution in [3.63, 3.8) is 0 Å². The molecule has 2 rings (SSSR count). The van der Waals surface area contributed by atoms with Gasteiger partial charge in [0, 0.05) is 0 Å². The second-order valence-electron chi connectivity index (χ2n) is 5.43. The molecule has 1 aliphatic rings. The molecule has 0 unspecified atom stereocenters. The van der Waals surface area contributed by atoms with Crippen LogP contribution in [0.15, 0.2) is 4.21 Å². The van der Waals surface area contributed by atoms with E-state index in [0.29, 0.717) is 16.9 Å². The molecule has 0 saturated carbocycles. The Bertz CT molecular complexity index is 731. The van der Waals surface area contributed by atoms with Crippen LogP contribution in [0.5, 0.6) is 0 Å². The van der Waals surface area contributed by atoms with Crippen LogP contribution < -0.4 is 5.32 Å². The third kappa shape index (κ3) is 2.66. The summed E-state index contributed by atoms with van der Waals surface area (Å²) in [6, 6.07) is 0. The van der Waals surface area contributed by atoms with Gasteiger partial charge < -0.3 is 0 Å². The van der Waals surface area contributed by atoms with E-state index < -0.39 is 36.1 Å². The summed E-state index contributed by atoms with van der Waals surface area (Å²) < 4.78 is 23.5. The summed E-state index contributed by atoms with van der Waals surface area (Å²) in [6.45, 7) is 3.69. The topological polar surface area (TPSA) is 80.3 Å². The molecule has 1 amide bonds. The summed E-state index contributed by atoms with van der Waals surface area (Å²) in [5.74, 6) is -0.425. The van der Waals surface area contributed by atoms with Gasteiger partial charge in [-0.3, -0.25) is 0 Å². The maximum atomic E-state index is 12.2. The molecule has 1 aromatic heterocycles. The molecule has 0 radical (unpaired) electrons. The standard InChI is InChI=1S/C11H12NO4S2.CH2.Al/c1-11(2)4-6-7(5-13)17-10(18(3,15)16)8(6)9(14)12-11;;/h4H2,1-3H3,(H,12,14);1H2;. The molecule has 1 aromatic rings. The fourth-order valence-electron chi connectivity index (χ4n) is 2.25. The molecule has 1 N–H and O–H groups in total. The second kappa shape index (κ2) is 4.88. The molecule has 0 aromatic carbocycles. The van der Waals surface area contributed by atoms with Crippen molar-refractivity contribution in [2.75, 3.05) is 6.26 Å². The molecule has 0 saturated heterocycles. The van der Waals surface area contributed by atoms with Crippen molar-refractivity contribution in [3.05, 3.63) is 16.0 Å². The molecule has 0 aliphatic carbocycles. The summed E-state index contributed by atoms with van der Waals surface area (Å²) >= 11 is 0.211. The average molecular weight is 327 g/mol. The Morgan fingerprint density at radius 3 is 2.55 bits per heavy atom. The Morgan fingerprint density at radius 2 is 2.05 bits per heavy atom. The van der Waals surface area contributed by atoms with Gasteiger partial charge in [-0.15, -0.1) is 0 Å². The minimum atomic E-state index is -3.54. The molecule has 8 heteroatoms. The van der Waals surface area contributed by atoms with E-state index in [2.05, 4.69) is 10.7 Å². The number of hydrogen-bond donors (Lipinski definition) is 1. The number of sulfone groups is 1. The summed E-state index contributed by atoms with van der Waals surface area (Å²) in [4.78, 5) is 24.6. The molecule has 5 nitrogen and oxygen atoms in total. The number of nitrogens with one attached hydrogen (secondary N) is 1. The third-order valence-corrected chi connectivity index (χ3v) is 6.96. The van der Waals surface area contributed by atoms with Crippen molar-refractivity contribution < 1.29 is 18.0 Å². The normalized spacial score (nSPS) is 17.1. The van der Waals surface area contributed by atoms with Gasteiger partial charge in [0.1, 0.15) is 0 Å². The Hall–Kier alpha value is -0.808. The number of hydrogen-bond acceptors (Lipinski definition) is 5. The zero-order valence-corrected chi connectivity index (χ0v) is 14.2. The van der Waals surface area contributed by atoms with Gasteiger partial charge in [0.25, 0.3) is 0 Å². The third-order valence-electron chi connectivity index (χ3n) is 3.02. The van der Waals surface area contributed by atoms with Crippen molar-refractivity contribution in [2.24, 2.45) is 0 Å². The quantitative estimate of drug-likeness (QED) is 0.820. The molecule has 2 heterocycles. The van der Waals surface area contributed by atoms with Crippen LogP contribution in [0.3, 0.4) is 0 Å². The molecular weight excluding hydrogens is 313 g/mol. The van der Waals surface area contributed by atoms with Crippen molar-refractivity contribution in [3.8, 4) is 0 Å². The first kappa shape index (κ1) is 15.6. The second-order valence-corrected chi connectivity index (χ2v) is 9.59. The van der Waals surface area contributed by atoms with Gasteiger partial charge in [-0.2, -0.15) is 0 Å². The zero-order valence-electron chi connectivity index (χ0n) is 11.4. The van der Waals surface area contributed by atoms with Crippen LogP contribution in [-0.2, 0) is 16.3 Å². The molecular formula is C12H14AlNO4S2. The van der Waals surface area contributed by atoms with E-state index in [1.54, 1.807) is 0 Å². The van der Waals surface area contributed by atoms with Crippen molar-refractivity contribution in [2.45, 2.75) is 30.0 Å². The van der Waals surface area contributed by atoms with Crippen LogP contribution in [0.1, 0.15) is 39.4 Å². The first-order chi connectivity index (χ1) is 9.07. The van der Waals surface area contributed by atoms with E-state index in [1.807, 2.05) is 13.8 Å². The van der Waals surface area contributed by atoms with Crippen LogP contribution in [0, 0.1) is 0 Å². The predicted molar refractivity (Wildman–Crippen MR) is 79.9 cm³/mol. The van der Waals surface area contributed by atoms with Crippen LogP contribution in [-0.4, -0.2) is 50.9 Å². The Balaban J connectivity index is 2.80. The molecule has 0 spiro atoms. The molecule has 0 atom stereocenters. The molecule has 1 aliphatic heterocycles. The molecule has 0 fully saturated rings. The first-order valence-electron chi connectivity index (χ1n) is 5.92. The van der Waals surface area contributed by atoms with Crippen LogP contribution in [0.4, 0.5) is 0 Å². The van der Waals surface area contributed by atoms with Gasteiger partial charge in [0.05, 0.1) is 0 Å². The SMILES string of the molecule is [CH2]=[Al][C](=O)c1sc(S(C)(=O)=O)c2c1CC(C)(C)NC2=O. The number of carbonyl (C=O) groups excluding carboxylic acids is 2. The molecule has 0 bridgehead atoms. The van der Waals surface area contributed by atoms with Crippen molar-refractivity contribution >= 4 is 51.9 Å². The maximum absolute atomic E-state index is 12.2. The average Bonchev–Trinajstić information content (AvgIpc) is 2.65. The van der Waals surface area contributed by atoms with E-state index in [9.17, 15) is 18.0 Å². The van der Waals surface area contributed by atoms with Crippen molar-refractivity contribution in [1.29, 1.82) is 0 Å². The van der Waals surface area contributed by atoms with Crippen molar-refractivity contribution in [1.82, 2.24) is 5.32 Å². The number of rotatable bonds is 3. The zero-order chi connectivity index (χ0) is 15.3. The number of fused-ring (bicyclic) bond motifs is 1. The van der Waals surface area contributed by atoms with Gasteiger partial charge in [0.15, 0.2) is 0 Å². The fraction of sp³-hybridized carbons (Fsp3) is 0.417. The molecule has 20 heavy (non-hydrogen) atoms. The van der Waals surface area contributed by atoms with E-state index in [-0.39, 0.29) is 14.4 Å². The van der Waals surface area contributed by atoms with Gasteiger partial charge >= 0.3 is 127 Å². The Labute approximate surface area is 127 Å². The van der Waals surface area contributed by atoms with Gasteiger partial charge in [-0.05, 0) is 0 Å². The van der Waals surface area contributed by atoms with Crippen LogP contribution in [0.2, 0.25) is 0 Å². The number of carbonyl (C=O) groups is 2. The van der Waals surface area contributed by atoms with E-state index in [0.717, 1.165) is 17.6 Å². The first-order valence-corrected chi connectivity index (χ1v) is 10.0. The molecule has 106 valence electrons. The number of amides is 1. The summed E-state index contributed by atoms with van der Waals surface area (Å²) in [5, 5.41) is 6.41. The Morgan fingerprint density at radius 1 is 1.45 bits per heavy atom. The van der Waals surface area contributed by atoms with Gasteiger partial charge in [-0.25, -0.2) is 0 Å². The minimum absolute atomic E-state index is 0.0169. The Kier molecular flexibility index (Phi) is 3.80. The number of thiophene rings is 1. The monoisotopic (exact) mass is 327 g/mol. The van der Waals surface area contributed by atoms with E-state index in [4.69, 9.17) is 0 Å². The van der Waals surface area contributed by atoms with E-state index >= 15 is 0 Å². The summed E-state index contributed by atoms with van der Waals surface area (Å²) in [6.07, 6.45) is 1.50. The summed E-state index contributed by atoms with van der Waals surface area (Å²) in [7, 11) is -3.54. The van der Waals surface area contributed by atoms with Gasteiger partial charge in [-0.1, -0.05) is 0 Å². The predicted octanol–water partition coefficient (Wildman–Crippen LogP) is 0.493. The summed E-state index contributed by atoms with van der Waals surface area (Å²) in [5.41, 5.74) is 0.212. The van der Waals surface area contributed by atoms with Crippen LogP contribution in [0.25, 0.3) is 0 Å². The fourth-order valence-corrected chi connectivity index (χ4v) is 5.38. The van der Waals surface area contributed by atoms with E-state index in [1.165, 1.54) is 0 Å². The van der Waals surface area contributed by atoms with Crippen LogP contribution >= 0.6 is 11.3 Å².